The number of carbonyl (C=O) groups is 2. The summed E-state index contributed by atoms with van der Waals surface area (Å²) < 4.78 is 0. The summed E-state index contributed by atoms with van der Waals surface area (Å²) in [4.78, 5) is 39.7. The highest BCUT2D eigenvalue weighted by Gasteiger charge is 2.44. The number of likely N-dealkylation sites (tertiary alicyclic amines) is 1. The lowest BCUT2D eigenvalue weighted by atomic mass is 9.73. The molecule has 8 heteroatoms. The van der Waals surface area contributed by atoms with E-state index < -0.39 is 11.4 Å². The molecule has 142 valence electrons. The van der Waals surface area contributed by atoms with Crippen LogP contribution in [0.1, 0.15) is 28.1 Å². The number of hydrogen-bond donors (Lipinski definition) is 1. The van der Waals surface area contributed by atoms with Gasteiger partial charge in [0.15, 0.2) is 10.8 Å². The van der Waals surface area contributed by atoms with E-state index in [1.807, 2.05) is 30.3 Å². The second-order valence-electron chi connectivity index (χ2n) is 6.65. The van der Waals surface area contributed by atoms with Crippen molar-refractivity contribution in [3.63, 3.8) is 0 Å². The van der Waals surface area contributed by atoms with Crippen LogP contribution in [0.5, 0.6) is 0 Å². The Kier molecular flexibility index (Phi) is 4.87. The van der Waals surface area contributed by atoms with E-state index in [4.69, 9.17) is 0 Å². The Bertz CT molecular complexity index is 983. The molecule has 1 aliphatic rings. The van der Waals surface area contributed by atoms with E-state index in [0.717, 1.165) is 5.56 Å². The predicted octanol–water partition coefficient (Wildman–Crippen LogP) is 2.86. The Hall–Kier alpha value is -3.13. The van der Waals surface area contributed by atoms with Gasteiger partial charge in [0.2, 0.25) is 0 Å². The van der Waals surface area contributed by atoms with Crippen molar-refractivity contribution in [2.45, 2.75) is 18.3 Å². The average molecular weight is 394 g/mol. The minimum Gasteiger partial charge on any atom is -0.481 e. The summed E-state index contributed by atoms with van der Waals surface area (Å²) >= 11 is 1.25. The lowest BCUT2D eigenvalue weighted by Gasteiger charge is -2.39. The molecule has 0 saturated carbocycles. The van der Waals surface area contributed by atoms with Gasteiger partial charge >= 0.3 is 5.97 Å². The van der Waals surface area contributed by atoms with E-state index in [1.165, 1.54) is 17.5 Å². The number of nitrogens with zero attached hydrogens (tertiary/aromatic N) is 4. The van der Waals surface area contributed by atoms with E-state index in [-0.39, 0.29) is 5.91 Å². The minimum absolute atomic E-state index is 0.133. The van der Waals surface area contributed by atoms with Crippen LogP contribution in [0.2, 0.25) is 0 Å². The highest BCUT2D eigenvalue weighted by molar-refractivity contribution is 7.16. The fourth-order valence-corrected chi connectivity index (χ4v) is 4.35. The van der Waals surface area contributed by atoms with Crippen LogP contribution in [0.4, 0.5) is 0 Å². The quantitative estimate of drug-likeness (QED) is 0.731. The van der Waals surface area contributed by atoms with Crippen molar-refractivity contribution in [2.75, 3.05) is 13.1 Å². The van der Waals surface area contributed by atoms with Crippen LogP contribution < -0.4 is 0 Å². The van der Waals surface area contributed by atoms with Crippen LogP contribution in [-0.4, -0.2) is 49.9 Å². The number of aromatic nitrogens is 3. The Morgan fingerprint density at radius 3 is 2.32 bits per heavy atom. The molecule has 1 aliphatic heterocycles. The van der Waals surface area contributed by atoms with Crippen LogP contribution in [-0.2, 0) is 10.2 Å². The molecule has 0 radical (unpaired) electrons. The molecule has 1 N–H and O–H groups in total. The Morgan fingerprint density at radius 1 is 1.00 bits per heavy atom. The van der Waals surface area contributed by atoms with Gasteiger partial charge in [-0.1, -0.05) is 30.3 Å². The zero-order valence-electron chi connectivity index (χ0n) is 15.0. The van der Waals surface area contributed by atoms with Crippen LogP contribution in [0.15, 0.2) is 55.0 Å². The van der Waals surface area contributed by atoms with Crippen LogP contribution in [0, 0.1) is 0 Å². The van der Waals surface area contributed by atoms with Gasteiger partial charge in [-0.15, -0.1) is 11.3 Å². The monoisotopic (exact) mass is 394 g/mol. The molecule has 1 amide bonds. The number of amides is 1. The summed E-state index contributed by atoms with van der Waals surface area (Å²) in [6.45, 7) is 0.768. The summed E-state index contributed by atoms with van der Waals surface area (Å²) in [6.07, 6.45) is 5.56. The zero-order valence-corrected chi connectivity index (χ0v) is 15.8. The van der Waals surface area contributed by atoms with E-state index in [9.17, 15) is 14.7 Å². The third kappa shape index (κ3) is 3.27. The molecule has 0 spiro atoms. The molecule has 0 unspecified atom stereocenters. The molecule has 7 nitrogen and oxygen atoms in total. The van der Waals surface area contributed by atoms with Crippen molar-refractivity contribution in [1.29, 1.82) is 0 Å². The first-order valence-electron chi connectivity index (χ1n) is 8.91. The zero-order chi connectivity index (χ0) is 19.6. The molecule has 4 rings (SSSR count). The number of thiazole rings is 1. The molecule has 1 saturated heterocycles. The number of carboxylic acid groups (broad SMARTS) is 1. The van der Waals surface area contributed by atoms with Crippen LogP contribution >= 0.6 is 11.3 Å². The third-order valence-corrected chi connectivity index (χ3v) is 6.09. The van der Waals surface area contributed by atoms with E-state index >= 15 is 0 Å². The maximum Gasteiger partial charge on any atom is 0.314 e. The van der Waals surface area contributed by atoms with Gasteiger partial charge in [-0.05, 0) is 24.5 Å². The largest absolute Gasteiger partial charge is 0.481 e. The maximum absolute atomic E-state index is 12.9. The molecule has 28 heavy (non-hydrogen) atoms. The van der Waals surface area contributed by atoms with Gasteiger partial charge in [-0.25, -0.2) is 15.0 Å². The first kappa shape index (κ1) is 18.2. The van der Waals surface area contributed by atoms with E-state index in [0.29, 0.717) is 41.6 Å². The summed E-state index contributed by atoms with van der Waals surface area (Å²) in [6, 6.07) is 11.0. The molecular weight excluding hydrogens is 376 g/mol. The molecule has 3 heterocycles. The van der Waals surface area contributed by atoms with Crippen molar-refractivity contribution in [2.24, 2.45) is 0 Å². The molecular formula is C20H18N4O3S. The fraction of sp³-hybridized carbons (Fsp3) is 0.250. The van der Waals surface area contributed by atoms with Crippen LogP contribution in [0.25, 0.3) is 10.8 Å². The molecule has 2 aromatic heterocycles. The number of benzene rings is 1. The van der Waals surface area contributed by atoms with E-state index in [1.54, 1.807) is 23.4 Å². The summed E-state index contributed by atoms with van der Waals surface area (Å²) in [5.74, 6) is -0.488. The lowest BCUT2D eigenvalue weighted by molar-refractivity contribution is -0.145. The number of hydrogen-bond acceptors (Lipinski definition) is 6. The van der Waals surface area contributed by atoms with Gasteiger partial charge < -0.3 is 10.0 Å². The Balaban J connectivity index is 1.50. The van der Waals surface area contributed by atoms with Gasteiger partial charge in [0.05, 0.1) is 11.6 Å². The maximum atomic E-state index is 12.9. The van der Waals surface area contributed by atoms with Gasteiger partial charge in [-0.3, -0.25) is 9.59 Å². The number of aliphatic carboxylic acids is 1. The third-order valence-electron chi connectivity index (χ3n) is 5.11. The molecule has 1 aromatic carbocycles. The van der Waals surface area contributed by atoms with Crippen molar-refractivity contribution in [3.05, 3.63) is 65.4 Å². The molecule has 3 aromatic rings. The highest BCUT2D eigenvalue weighted by atomic mass is 32.1. The molecule has 0 atom stereocenters. The number of carbonyl (C=O) groups excluding carboxylic acids is 1. The van der Waals surface area contributed by atoms with Gasteiger partial charge in [0.25, 0.3) is 5.91 Å². The second kappa shape index (κ2) is 7.47. The Morgan fingerprint density at radius 2 is 1.68 bits per heavy atom. The molecule has 1 fully saturated rings. The molecule has 0 aliphatic carbocycles. The second-order valence-corrected chi connectivity index (χ2v) is 7.68. The van der Waals surface area contributed by atoms with Crippen molar-refractivity contribution in [1.82, 2.24) is 19.9 Å². The standard InChI is InChI=1S/C20H18N4O3S/c25-18(15-13-23-17(28-15)16-21-9-4-10-22-16)24-11-7-20(8-12-24,19(26)27)14-5-2-1-3-6-14/h1-6,9-10,13H,7-8,11-12H2,(H,26,27). The van der Waals surface area contributed by atoms with Crippen LogP contribution in [0.3, 0.4) is 0 Å². The summed E-state index contributed by atoms with van der Waals surface area (Å²) in [5.41, 5.74) is -0.162. The van der Waals surface area contributed by atoms with Crippen molar-refractivity contribution < 1.29 is 14.7 Å². The van der Waals surface area contributed by atoms with E-state index in [2.05, 4.69) is 15.0 Å². The van der Waals surface area contributed by atoms with Gasteiger partial charge in [0, 0.05) is 25.5 Å². The van der Waals surface area contributed by atoms with Gasteiger partial charge in [0.1, 0.15) is 4.88 Å². The molecule has 0 bridgehead atoms. The SMILES string of the molecule is O=C(c1cnc(-c2ncccn2)s1)N1CCC(C(=O)O)(c2ccccc2)CC1. The number of rotatable bonds is 4. The average Bonchev–Trinajstić information content (AvgIpc) is 3.25. The Labute approximate surface area is 165 Å². The topological polar surface area (TPSA) is 96.3 Å². The predicted molar refractivity (Wildman–Crippen MR) is 104 cm³/mol. The summed E-state index contributed by atoms with van der Waals surface area (Å²) in [5, 5.41) is 10.5. The summed E-state index contributed by atoms with van der Waals surface area (Å²) in [7, 11) is 0. The van der Waals surface area contributed by atoms with Crippen molar-refractivity contribution >= 4 is 23.2 Å². The van der Waals surface area contributed by atoms with Gasteiger partial charge in [-0.2, -0.15) is 0 Å². The highest BCUT2D eigenvalue weighted by Crippen LogP contribution is 2.36. The smallest absolute Gasteiger partial charge is 0.314 e. The first-order valence-corrected chi connectivity index (χ1v) is 9.73. The normalized spacial score (nSPS) is 15.9. The number of carboxylic acids is 1. The minimum atomic E-state index is -0.950. The number of piperidine rings is 1. The first-order chi connectivity index (χ1) is 13.6. The van der Waals surface area contributed by atoms with Crippen molar-refractivity contribution in [3.8, 4) is 10.8 Å². The lowest BCUT2D eigenvalue weighted by Crippen LogP contribution is -2.49. The fourth-order valence-electron chi connectivity index (χ4n) is 3.52.